The second kappa shape index (κ2) is 5.59. The Morgan fingerprint density at radius 1 is 1.29 bits per heavy atom. The fourth-order valence-electron chi connectivity index (χ4n) is 2.75. The second-order valence-electron chi connectivity index (χ2n) is 6.28. The van der Waals surface area contributed by atoms with E-state index in [0.717, 1.165) is 23.0 Å². The molecule has 24 heavy (non-hydrogen) atoms. The molecule has 4 rings (SSSR count). The first-order chi connectivity index (χ1) is 11.5. The fourth-order valence-corrected chi connectivity index (χ4v) is 3.79. The van der Waals surface area contributed by atoms with Crippen LogP contribution in [0.25, 0.3) is 10.9 Å². The molecule has 0 amide bonds. The molecule has 0 radical (unpaired) electrons. The van der Waals surface area contributed by atoms with Gasteiger partial charge >= 0.3 is 0 Å². The summed E-state index contributed by atoms with van der Waals surface area (Å²) in [7, 11) is -3.67. The van der Waals surface area contributed by atoms with Gasteiger partial charge in [0.05, 0.1) is 17.4 Å². The summed E-state index contributed by atoms with van der Waals surface area (Å²) in [6.07, 6.45) is 7.09. The van der Waals surface area contributed by atoms with Crippen LogP contribution in [0, 0.1) is 12.8 Å². The number of anilines is 1. The van der Waals surface area contributed by atoms with Gasteiger partial charge in [-0.25, -0.2) is 8.42 Å². The van der Waals surface area contributed by atoms with Crippen LogP contribution in [0.4, 0.5) is 5.69 Å². The van der Waals surface area contributed by atoms with Crippen molar-refractivity contribution in [3.63, 3.8) is 0 Å². The number of fused-ring (bicyclic) bond motifs is 1. The number of nitrogens with one attached hydrogen (secondary N) is 1. The predicted molar refractivity (Wildman–Crippen MR) is 92.2 cm³/mol. The first-order valence-corrected chi connectivity index (χ1v) is 9.41. The smallest absolute Gasteiger partial charge is 0.265 e. The summed E-state index contributed by atoms with van der Waals surface area (Å²) in [6, 6.07) is 7.30. The van der Waals surface area contributed by atoms with E-state index < -0.39 is 10.0 Å². The maximum absolute atomic E-state index is 12.7. The normalized spacial score (nSPS) is 14.9. The van der Waals surface area contributed by atoms with Gasteiger partial charge in [-0.3, -0.25) is 14.4 Å². The summed E-state index contributed by atoms with van der Waals surface area (Å²) < 4.78 is 29.7. The topological polar surface area (TPSA) is 76.9 Å². The van der Waals surface area contributed by atoms with Crippen LogP contribution in [0.5, 0.6) is 0 Å². The Kier molecular flexibility index (Phi) is 3.53. The third-order valence-electron chi connectivity index (χ3n) is 4.28. The van der Waals surface area contributed by atoms with E-state index in [-0.39, 0.29) is 4.90 Å². The monoisotopic (exact) mass is 342 g/mol. The highest BCUT2D eigenvalue weighted by Gasteiger charge is 2.24. The number of pyridine rings is 1. The Labute approximate surface area is 140 Å². The maximum Gasteiger partial charge on any atom is 0.265 e. The summed E-state index contributed by atoms with van der Waals surface area (Å²) in [5, 5.41) is 4.95. The molecule has 124 valence electrons. The van der Waals surface area contributed by atoms with Crippen molar-refractivity contribution in [2.45, 2.75) is 31.2 Å². The number of hydrogen-bond acceptors (Lipinski definition) is 4. The summed E-state index contributed by atoms with van der Waals surface area (Å²) in [6.45, 7) is 2.74. The summed E-state index contributed by atoms with van der Waals surface area (Å²) in [4.78, 5) is 4.52. The molecule has 1 aromatic carbocycles. The quantitative estimate of drug-likeness (QED) is 0.773. The van der Waals surface area contributed by atoms with Gasteiger partial charge in [0.25, 0.3) is 10.0 Å². The first-order valence-electron chi connectivity index (χ1n) is 7.92. The van der Waals surface area contributed by atoms with E-state index in [1.54, 1.807) is 29.2 Å². The standard InChI is InChI=1S/C17H18N4O2S/c1-12-4-7-16(15-3-2-8-18-17(12)15)20-24(22,23)14-9-19-21(11-14)10-13-5-6-13/h2-4,7-9,11,13,20H,5-6,10H2,1H3. The van der Waals surface area contributed by atoms with Crippen molar-refractivity contribution in [1.29, 1.82) is 0 Å². The van der Waals surface area contributed by atoms with Gasteiger partial charge in [0.2, 0.25) is 0 Å². The lowest BCUT2D eigenvalue weighted by Gasteiger charge is -2.10. The summed E-state index contributed by atoms with van der Waals surface area (Å²) >= 11 is 0. The van der Waals surface area contributed by atoms with E-state index in [2.05, 4.69) is 14.8 Å². The van der Waals surface area contributed by atoms with Crippen molar-refractivity contribution in [3.8, 4) is 0 Å². The SMILES string of the molecule is Cc1ccc(NS(=O)(=O)c2cnn(CC3CC3)c2)c2cccnc12. The van der Waals surface area contributed by atoms with Gasteiger partial charge in [0.1, 0.15) is 4.90 Å². The summed E-state index contributed by atoms with van der Waals surface area (Å²) in [5.41, 5.74) is 2.33. The van der Waals surface area contributed by atoms with E-state index >= 15 is 0 Å². The van der Waals surface area contributed by atoms with Crippen molar-refractivity contribution in [2.24, 2.45) is 5.92 Å². The Morgan fingerprint density at radius 3 is 2.92 bits per heavy atom. The third-order valence-corrected chi connectivity index (χ3v) is 5.60. The third kappa shape index (κ3) is 2.87. The van der Waals surface area contributed by atoms with Crippen LogP contribution in [0.1, 0.15) is 18.4 Å². The highest BCUT2D eigenvalue weighted by atomic mass is 32.2. The van der Waals surface area contributed by atoms with Crippen LogP contribution in [-0.4, -0.2) is 23.2 Å². The first kappa shape index (κ1) is 15.1. The average molecular weight is 342 g/mol. The lowest BCUT2D eigenvalue weighted by molar-refractivity contribution is 0.561. The minimum absolute atomic E-state index is 0.181. The van der Waals surface area contributed by atoms with Crippen molar-refractivity contribution in [1.82, 2.24) is 14.8 Å². The van der Waals surface area contributed by atoms with Crippen LogP contribution >= 0.6 is 0 Å². The number of aryl methyl sites for hydroxylation is 1. The molecule has 1 fully saturated rings. The molecule has 0 bridgehead atoms. The van der Waals surface area contributed by atoms with E-state index in [0.29, 0.717) is 11.6 Å². The molecule has 1 aliphatic carbocycles. The molecule has 1 aliphatic rings. The minimum atomic E-state index is -3.67. The lowest BCUT2D eigenvalue weighted by atomic mass is 10.1. The molecular weight excluding hydrogens is 324 g/mol. The molecule has 1 N–H and O–H groups in total. The highest BCUT2D eigenvalue weighted by molar-refractivity contribution is 7.92. The molecule has 0 atom stereocenters. The van der Waals surface area contributed by atoms with Crippen LogP contribution in [0.2, 0.25) is 0 Å². The molecule has 6 nitrogen and oxygen atoms in total. The maximum atomic E-state index is 12.7. The molecule has 0 spiro atoms. The summed E-state index contributed by atoms with van der Waals surface area (Å²) in [5.74, 6) is 0.639. The number of nitrogens with zero attached hydrogens (tertiary/aromatic N) is 3. The average Bonchev–Trinajstić information content (AvgIpc) is 3.24. The zero-order chi connectivity index (χ0) is 16.7. The molecule has 0 aliphatic heterocycles. The van der Waals surface area contributed by atoms with E-state index in [1.807, 2.05) is 19.1 Å². The number of hydrogen-bond donors (Lipinski definition) is 1. The van der Waals surface area contributed by atoms with E-state index in [4.69, 9.17) is 0 Å². The molecule has 1 saturated carbocycles. The number of rotatable bonds is 5. The molecule has 2 aromatic heterocycles. The molecule has 7 heteroatoms. The van der Waals surface area contributed by atoms with Crippen molar-refractivity contribution < 1.29 is 8.42 Å². The number of aromatic nitrogens is 3. The zero-order valence-electron chi connectivity index (χ0n) is 13.3. The zero-order valence-corrected chi connectivity index (χ0v) is 14.1. The van der Waals surface area contributed by atoms with Crippen LogP contribution < -0.4 is 4.72 Å². The van der Waals surface area contributed by atoms with Gasteiger partial charge in [0, 0.05) is 24.3 Å². The Balaban J connectivity index is 1.66. The van der Waals surface area contributed by atoms with Gasteiger partial charge in [-0.15, -0.1) is 0 Å². The fraction of sp³-hybridized carbons (Fsp3) is 0.294. The number of benzene rings is 1. The second-order valence-corrected chi connectivity index (χ2v) is 7.96. The van der Waals surface area contributed by atoms with Gasteiger partial charge in [-0.1, -0.05) is 6.07 Å². The van der Waals surface area contributed by atoms with Crippen LogP contribution in [-0.2, 0) is 16.6 Å². The molecule has 0 saturated heterocycles. The number of sulfonamides is 1. The van der Waals surface area contributed by atoms with Crippen molar-refractivity contribution in [3.05, 3.63) is 48.4 Å². The van der Waals surface area contributed by atoms with Crippen molar-refractivity contribution in [2.75, 3.05) is 4.72 Å². The molecular formula is C17H18N4O2S. The predicted octanol–water partition coefficient (Wildman–Crippen LogP) is 2.95. The van der Waals surface area contributed by atoms with E-state index in [1.165, 1.54) is 19.0 Å². The Morgan fingerprint density at radius 2 is 2.12 bits per heavy atom. The van der Waals surface area contributed by atoms with Gasteiger partial charge in [-0.2, -0.15) is 5.10 Å². The largest absolute Gasteiger partial charge is 0.279 e. The molecule has 0 unspecified atom stereocenters. The lowest BCUT2D eigenvalue weighted by Crippen LogP contribution is -2.13. The van der Waals surface area contributed by atoms with Gasteiger partial charge < -0.3 is 0 Å². The Hall–Kier alpha value is -2.41. The van der Waals surface area contributed by atoms with Crippen LogP contribution in [0.3, 0.4) is 0 Å². The van der Waals surface area contributed by atoms with Gasteiger partial charge in [-0.05, 0) is 49.4 Å². The van der Waals surface area contributed by atoms with Crippen molar-refractivity contribution >= 4 is 26.6 Å². The van der Waals surface area contributed by atoms with Crippen LogP contribution in [0.15, 0.2) is 47.8 Å². The highest BCUT2D eigenvalue weighted by Crippen LogP contribution is 2.31. The van der Waals surface area contributed by atoms with Gasteiger partial charge in [0.15, 0.2) is 0 Å². The minimum Gasteiger partial charge on any atom is -0.279 e. The Bertz CT molecular complexity index is 1010. The van der Waals surface area contributed by atoms with E-state index in [9.17, 15) is 8.42 Å². The molecule has 2 heterocycles. The molecule has 3 aromatic rings.